The number of hydrogen-bond acceptors (Lipinski definition) is 4. The Kier molecular flexibility index (Phi) is 2.81. The van der Waals surface area contributed by atoms with E-state index in [9.17, 15) is 8.42 Å². The highest BCUT2D eigenvalue weighted by atomic mass is 32.2. The van der Waals surface area contributed by atoms with Gasteiger partial charge in [-0.05, 0) is 37.1 Å². The van der Waals surface area contributed by atoms with Crippen LogP contribution in [-0.4, -0.2) is 25.5 Å². The molecule has 0 radical (unpaired) electrons. The summed E-state index contributed by atoms with van der Waals surface area (Å²) >= 11 is 0. The second kappa shape index (κ2) is 4.26. The van der Waals surface area contributed by atoms with Gasteiger partial charge >= 0.3 is 0 Å². The van der Waals surface area contributed by atoms with Crippen molar-refractivity contribution in [2.45, 2.75) is 30.3 Å². The van der Waals surface area contributed by atoms with Gasteiger partial charge in [-0.1, -0.05) is 6.07 Å². The molecule has 2 atom stereocenters. The summed E-state index contributed by atoms with van der Waals surface area (Å²) in [7, 11) is -3.54. The third kappa shape index (κ3) is 2.22. The zero-order valence-corrected chi connectivity index (χ0v) is 11.3. The highest BCUT2D eigenvalue weighted by molar-refractivity contribution is 7.89. The van der Waals surface area contributed by atoms with Gasteiger partial charge in [-0.3, -0.25) is 4.98 Å². The van der Waals surface area contributed by atoms with Crippen LogP contribution in [0.3, 0.4) is 0 Å². The molecule has 19 heavy (non-hydrogen) atoms. The first-order chi connectivity index (χ1) is 8.99. The number of benzene rings is 1. The predicted octanol–water partition coefficient (Wildman–Crippen LogP) is 0.921. The number of rotatable bonds is 3. The van der Waals surface area contributed by atoms with Gasteiger partial charge in [0, 0.05) is 23.7 Å². The smallest absolute Gasteiger partial charge is 0.241 e. The lowest BCUT2D eigenvalue weighted by Crippen LogP contribution is -2.30. The van der Waals surface area contributed by atoms with Crippen molar-refractivity contribution in [2.24, 2.45) is 5.73 Å². The van der Waals surface area contributed by atoms with Gasteiger partial charge in [-0.15, -0.1) is 0 Å². The minimum absolute atomic E-state index is 0.0652. The zero-order chi connectivity index (χ0) is 13.6. The van der Waals surface area contributed by atoms with Crippen LogP contribution in [0.15, 0.2) is 35.4 Å². The Bertz CT molecular complexity index is 743. The van der Waals surface area contributed by atoms with Gasteiger partial charge in [0.25, 0.3) is 0 Å². The second-order valence-electron chi connectivity index (χ2n) is 4.91. The summed E-state index contributed by atoms with van der Waals surface area (Å²) in [4.78, 5) is 4.51. The molecule has 0 saturated heterocycles. The van der Waals surface area contributed by atoms with Crippen LogP contribution in [0, 0.1) is 6.92 Å². The van der Waals surface area contributed by atoms with E-state index >= 15 is 0 Å². The van der Waals surface area contributed by atoms with Crippen LogP contribution >= 0.6 is 0 Å². The molecule has 2 aromatic rings. The van der Waals surface area contributed by atoms with Crippen LogP contribution in [0.2, 0.25) is 0 Å². The maximum Gasteiger partial charge on any atom is 0.241 e. The number of nitrogens with one attached hydrogen (secondary N) is 1. The molecule has 1 aromatic heterocycles. The fourth-order valence-electron chi connectivity index (χ4n) is 2.14. The fraction of sp³-hybridized carbons (Fsp3) is 0.308. The molecule has 1 saturated carbocycles. The van der Waals surface area contributed by atoms with E-state index < -0.39 is 10.0 Å². The maximum absolute atomic E-state index is 12.4. The third-order valence-electron chi connectivity index (χ3n) is 3.37. The molecule has 0 aliphatic heterocycles. The second-order valence-corrected chi connectivity index (χ2v) is 6.59. The Balaban J connectivity index is 2.12. The first kappa shape index (κ1) is 12.5. The van der Waals surface area contributed by atoms with Crippen molar-refractivity contribution in [3.63, 3.8) is 0 Å². The van der Waals surface area contributed by atoms with Crippen LogP contribution in [0.25, 0.3) is 10.9 Å². The molecule has 1 heterocycles. The molecule has 6 heteroatoms. The van der Waals surface area contributed by atoms with E-state index in [4.69, 9.17) is 5.73 Å². The van der Waals surface area contributed by atoms with Gasteiger partial charge < -0.3 is 5.73 Å². The molecular weight excluding hydrogens is 262 g/mol. The van der Waals surface area contributed by atoms with Crippen LogP contribution in [0.5, 0.6) is 0 Å². The average molecular weight is 277 g/mol. The Hall–Kier alpha value is -1.50. The number of sulfonamides is 1. The van der Waals surface area contributed by atoms with Crippen molar-refractivity contribution in [3.8, 4) is 0 Å². The average Bonchev–Trinajstić information content (AvgIpc) is 3.04. The van der Waals surface area contributed by atoms with Gasteiger partial charge in [0.2, 0.25) is 10.0 Å². The number of pyridine rings is 1. The lowest BCUT2D eigenvalue weighted by Gasteiger charge is -2.10. The Morgan fingerprint density at radius 2 is 2.11 bits per heavy atom. The van der Waals surface area contributed by atoms with E-state index in [1.807, 2.05) is 6.92 Å². The topological polar surface area (TPSA) is 85.1 Å². The van der Waals surface area contributed by atoms with Gasteiger partial charge in [0.05, 0.1) is 10.4 Å². The largest absolute Gasteiger partial charge is 0.326 e. The molecule has 0 spiro atoms. The molecule has 1 fully saturated rings. The number of nitrogens with zero attached hydrogens (tertiary/aromatic N) is 1. The summed E-state index contributed by atoms with van der Waals surface area (Å²) in [6.45, 7) is 1.91. The minimum atomic E-state index is -3.54. The van der Waals surface area contributed by atoms with E-state index in [2.05, 4.69) is 9.71 Å². The molecule has 2 unspecified atom stereocenters. The van der Waals surface area contributed by atoms with Crippen molar-refractivity contribution >= 4 is 20.9 Å². The van der Waals surface area contributed by atoms with Crippen LogP contribution in [0.4, 0.5) is 0 Å². The summed E-state index contributed by atoms with van der Waals surface area (Å²) in [5, 5.41) is 0.643. The minimum Gasteiger partial charge on any atom is -0.326 e. The summed E-state index contributed by atoms with van der Waals surface area (Å²) in [6.07, 6.45) is 2.36. The Morgan fingerprint density at radius 3 is 2.79 bits per heavy atom. The summed E-state index contributed by atoms with van der Waals surface area (Å²) in [5.41, 5.74) is 7.32. The van der Waals surface area contributed by atoms with Crippen molar-refractivity contribution in [2.75, 3.05) is 0 Å². The Labute approximate surface area is 111 Å². The van der Waals surface area contributed by atoms with Crippen molar-refractivity contribution < 1.29 is 8.42 Å². The van der Waals surface area contributed by atoms with Crippen LogP contribution < -0.4 is 10.5 Å². The standard InChI is InChI=1S/C13H15N3O2S/c1-8-4-5-12(9-3-2-6-15-13(8)9)19(17,18)16-11-7-10(11)14/h2-6,10-11,16H,7,14H2,1H3. The molecule has 3 N–H and O–H groups in total. The SMILES string of the molecule is Cc1ccc(S(=O)(=O)NC2CC2N)c2cccnc12. The van der Waals surface area contributed by atoms with Gasteiger partial charge in [0.15, 0.2) is 0 Å². The van der Waals surface area contributed by atoms with Gasteiger partial charge in [-0.2, -0.15) is 0 Å². The highest BCUT2D eigenvalue weighted by Crippen LogP contribution is 2.26. The van der Waals surface area contributed by atoms with E-state index in [1.165, 1.54) is 0 Å². The fourth-order valence-corrected chi connectivity index (χ4v) is 3.63. The number of fused-ring (bicyclic) bond motifs is 1. The lowest BCUT2D eigenvalue weighted by molar-refractivity contribution is 0.580. The van der Waals surface area contributed by atoms with Gasteiger partial charge in [0.1, 0.15) is 0 Å². The molecular formula is C13H15N3O2S. The normalized spacial score (nSPS) is 22.6. The molecule has 5 nitrogen and oxygen atoms in total. The summed E-state index contributed by atoms with van der Waals surface area (Å²) in [6, 6.07) is 6.70. The molecule has 1 aromatic carbocycles. The summed E-state index contributed by atoms with van der Waals surface area (Å²) in [5.74, 6) is 0. The molecule has 0 amide bonds. The number of aromatic nitrogens is 1. The van der Waals surface area contributed by atoms with Crippen molar-refractivity contribution in [1.82, 2.24) is 9.71 Å². The molecule has 1 aliphatic carbocycles. The number of aryl methyl sites for hydroxylation is 1. The predicted molar refractivity (Wildman–Crippen MR) is 73.2 cm³/mol. The van der Waals surface area contributed by atoms with Crippen LogP contribution in [-0.2, 0) is 10.0 Å². The monoisotopic (exact) mass is 277 g/mol. The third-order valence-corrected chi connectivity index (χ3v) is 4.92. The van der Waals surface area contributed by atoms with E-state index in [0.29, 0.717) is 17.3 Å². The quantitative estimate of drug-likeness (QED) is 0.873. The van der Waals surface area contributed by atoms with Crippen LogP contribution in [0.1, 0.15) is 12.0 Å². The van der Waals surface area contributed by atoms with Crippen molar-refractivity contribution in [1.29, 1.82) is 0 Å². The maximum atomic E-state index is 12.4. The first-order valence-electron chi connectivity index (χ1n) is 6.11. The highest BCUT2D eigenvalue weighted by Gasteiger charge is 2.37. The number of nitrogens with two attached hydrogens (primary N) is 1. The molecule has 3 rings (SSSR count). The molecule has 1 aliphatic rings. The first-order valence-corrected chi connectivity index (χ1v) is 7.59. The molecule has 0 bridgehead atoms. The summed E-state index contributed by atoms with van der Waals surface area (Å²) < 4.78 is 27.3. The Morgan fingerprint density at radius 1 is 1.37 bits per heavy atom. The van der Waals surface area contributed by atoms with E-state index in [0.717, 1.165) is 5.56 Å². The van der Waals surface area contributed by atoms with Crippen molar-refractivity contribution in [3.05, 3.63) is 36.0 Å². The molecule has 100 valence electrons. The lowest BCUT2D eigenvalue weighted by atomic mass is 10.1. The zero-order valence-electron chi connectivity index (χ0n) is 10.5. The van der Waals surface area contributed by atoms with Gasteiger partial charge in [-0.25, -0.2) is 13.1 Å². The number of hydrogen-bond donors (Lipinski definition) is 2. The van der Waals surface area contributed by atoms with E-state index in [-0.39, 0.29) is 17.0 Å². The van der Waals surface area contributed by atoms with E-state index in [1.54, 1.807) is 30.5 Å².